The Morgan fingerprint density at radius 1 is 1.21 bits per heavy atom. The molecule has 1 aliphatic carbocycles. The summed E-state index contributed by atoms with van der Waals surface area (Å²) in [6.45, 7) is 0.897. The molecule has 1 aliphatic rings. The molecule has 0 bridgehead atoms. The lowest BCUT2D eigenvalue weighted by Crippen LogP contribution is -2.18. The minimum Gasteiger partial charge on any atom is -0.497 e. The monoisotopic (exact) mass is 319 g/mol. The largest absolute Gasteiger partial charge is 0.497 e. The summed E-state index contributed by atoms with van der Waals surface area (Å²) in [5, 5.41) is 5.79. The number of nitrogens with one attached hydrogen (secondary N) is 1. The average molecular weight is 319 g/mol. The van der Waals surface area contributed by atoms with Gasteiger partial charge in [0.15, 0.2) is 0 Å². The summed E-state index contributed by atoms with van der Waals surface area (Å²) in [6.07, 6.45) is 9.10. The minimum absolute atomic E-state index is 0.513. The van der Waals surface area contributed by atoms with E-state index in [1.165, 1.54) is 24.0 Å². The molecule has 4 heteroatoms. The fourth-order valence-electron chi connectivity index (χ4n) is 3.61. The van der Waals surface area contributed by atoms with Crippen molar-refractivity contribution in [3.63, 3.8) is 0 Å². The lowest BCUT2D eigenvalue weighted by molar-refractivity contribution is 0.413. The van der Waals surface area contributed by atoms with E-state index in [0.29, 0.717) is 5.92 Å². The molecular weight excluding hydrogens is 298 g/mol. The molecule has 0 saturated heterocycles. The smallest absolute Gasteiger partial charge is 0.133 e. The van der Waals surface area contributed by atoms with Gasteiger partial charge in [-0.2, -0.15) is 0 Å². The van der Waals surface area contributed by atoms with E-state index in [9.17, 15) is 0 Å². The van der Waals surface area contributed by atoms with E-state index in [4.69, 9.17) is 4.74 Å². The van der Waals surface area contributed by atoms with Gasteiger partial charge in [0.25, 0.3) is 0 Å². The predicted molar refractivity (Wildman–Crippen MR) is 96.7 cm³/mol. The van der Waals surface area contributed by atoms with Gasteiger partial charge in [-0.1, -0.05) is 6.07 Å². The Labute approximate surface area is 141 Å². The zero-order valence-corrected chi connectivity index (χ0v) is 13.8. The third kappa shape index (κ3) is 2.80. The van der Waals surface area contributed by atoms with Crippen molar-refractivity contribution >= 4 is 16.6 Å². The molecule has 0 radical (unpaired) electrons. The third-order valence-corrected chi connectivity index (χ3v) is 4.87. The average Bonchev–Trinajstić information content (AvgIpc) is 2.65. The molecule has 1 N–H and O–H groups in total. The molecule has 4 rings (SSSR count). The van der Waals surface area contributed by atoms with Gasteiger partial charge >= 0.3 is 0 Å². The van der Waals surface area contributed by atoms with Crippen LogP contribution < -0.4 is 10.1 Å². The van der Waals surface area contributed by atoms with Gasteiger partial charge in [0.05, 0.1) is 7.11 Å². The van der Waals surface area contributed by atoms with E-state index in [2.05, 4.69) is 33.5 Å². The Morgan fingerprint density at radius 3 is 3.08 bits per heavy atom. The number of ether oxygens (including phenoxy) is 1. The number of rotatable bonds is 4. The Hall–Kier alpha value is -2.62. The lowest BCUT2D eigenvalue weighted by Gasteiger charge is -2.26. The van der Waals surface area contributed by atoms with Crippen molar-refractivity contribution in [1.29, 1.82) is 0 Å². The first kappa shape index (κ1) is 14.9. The number of benzene rings is 1. The molecule has 24 heavy (non-hydrogen) atoms. The van der Waals surface area contributed by atoms with E-state index in [1.807, 2.05) is 30.7 Å². The van der Waals surface area contributed by atoms with Gasteiger partial charge in [0, 0.05) is 41.8 Å². The van der Waals surface area contributed by atoms with Gasteiger partial charge in [0.1, 0.15) is 11.6 Å². The van der Waals surface area contributed by atoms with Crippen LogP contribution in [0.15, 0.2) is 48.9 Å². The number of aryl methyl sites for hydroxylation is 1. The molecule has 1 aromatic carbocycles. The van der Waals surface area contributed by atoms with Crippen molar-refractivity contribution in [2.75, 3.05) is 19.0 Å². The summed E-state index contributed by atoms with van der Waals surface area (Å²) in [5.74, 6) is 2.40. The molecule has 0 amide bonds. The second-order valence-electron chi connectivity index (χ2n) is 6.29. The molecule has 0 saturated carbocycles. The van der Waals surface area contributed by atoms with Crippen molar-refractivity contribution in [2.24, 2.45) is 0 Å². The fourth-order valence-corrected chi connectivity index (χ4v) is 3.61. The van der Waals surface area contributed by atoms with E-state index in [-0.39, 0.29) is 0 Å². The van der Waals surface area contributed by atoms with Crippen LogP contribution in [0.4, 0.5) is 5.82 Å². The van der Waals surface area contributed by atoms with Crippen molar-refractivity contribution in [2.45, 2.75) is 25.2 Å². The first-order valence-corrected chi connectivity index (χ1v) is 8.44. The first-order valence-electron chi connectivity index (χ1n) is 8.44. The quantitative estimate of drug-likeness (QED) is 0.784. The van der Waals surface area contributed by atoms with Crippen molar-refractivity contribution in [1.82, 2.24) is 9.97 Å². The van der Waals surface area contributed by atoms with E-state index >= 15 is 0 Å². The third-order valence-electron chi connectivity index (χ3n) is 4.87. The second kappa shape index (κ2) is 6.48. The van der Waals surface area contributed by atoms with Crippen LogP contribution in [0.5, 0.6) is 5.75 Å². The normalized spacial score (nSPS) is 16.6. The number of methoxy groups -OCH3 is 1. The highest BCUT2D eigenvalue weighted by Crippen LogP contribution is 2.34. The summed E-state index contributed by atoms with van der Waals surface area (Å²) in [5.41, 5.74) is 2.86. The van der Waals surface area contributed by atoms with E-state index in [0.717, 1.165) is 35.3 Å². The number of aromatic nitrogens is 2. The number of pyridine rings is 2. The van der Waals surface area contributed by atoms with Crippen molar-refractivity contribution in [3.05, 3.63) is 60.0 Å². The molecule has 2 heterocycles. The van der Waals surface area contributed by atoms with Crippen LogP contribution >= 0.6 is 0 Å². The SMILES string of the molecule is COc1ccc2c(c1)CCCC2CNc1nccc2cnccc12. The first-order chi connectivity index (χ1) is 11.8. The van der Waals surface area contributed by atoms with Crippen LogP contribution in [0.1, 0.15) is 29.9 Å². The molecule has 122 valence electrons. The number of anilines is 1. The van der Waals surface area contributed by atoms with Crippen LogP contribution in [-0.2, 0) is 6.42 Å². The van der Waals surface area contributed by atoms with Crippen LogP contribution in [0.25, 0.3) is 10.8 Å². The van der Waals surface area contributed by atoms with E-state index < -0.39 is 0 Å². The summed E-state index contributed by atoms with van der Waals surface area (Å²) in [4.78, 5) is 8.70. The van der Waals surface area contributed by atoms with Crippen LogP contribution in [0.2, 0.25) is 0 Å². The van der Waals surface area contributed by atoms with Crippen LogP contribution in [-0.4, -0.2) is 23.6 Å². The fraction of sp³-hybridized carbons (Fsp3) is 0.300. The summed E-state index contributed by atoms with van der Waals surface area (Å²) in [7, 11) is 1.73. The summed E-state index contributed by atoms with van der Waals surface area (Å²) < 4.78 is 5.36. The number of hydrogen-bond donors (Lipinski definition) is 1. The second-order valence-corrected chi connectivity index (χ2v) is 6.29. The number of hydrogen-bond acceptors (Lipinski definition) is 4. The van der Waals surface area contributed by atoms with Crippen LogP contribution in [0, 0.1) is 0 Å². The maximum atomic E-state index is 5.36. The van der Waals surface area contributed by atoms with Gasteiger partial charge in [-0.05, 0) is 54.7 Å². The molecule has 3 aromatic rings. The highest BCUT2D eigenvalue weighted by atomic mass is 16.5. The van der Waals surface area contributed by atoms with Gasteiger partial charge in [0.2, 0.25) is 0 Å². The van der Waals surface area contributed by atoms with Gasteiger partial charge in [-0.15, -0.1) is 0 Å². The number of nitrogens with zero attached hydrogens (tertiary/aromatic N) is 2. The molecule has 0 spiro atoms. The van der Waals surface area contributed by atoms with Gasteiger partial charge < -0.3 is 10.1 Å². The van der Waals surface area contributed by atoms with E-state index in [1.54, 1.807) is 7.11 Å². The Kier molecular flexibility index (Phi) is 4.03. The standard InChI is InChI=1S/C20H21N3O/c1-24-17-5-6-18-14(11-17)3-2-4-15(18)13-23-20-19-8-9-21-12-16(19)7-10-22-20/h5-12,15H,2-4,13H2,1H3,(H,22,23). The Bertz CT molecular complexity index is 857. The maximum absolute atomic E-state index is 5.36. The molecule has 0 aliphatic heterocycles. The summed E-state index contributed by atoms with van der Waals surface area (Å²) in [6, 6.07) is 10.5. The Balaban J connectivity index is 1.57. The topological polar surface area (TPSA) is 47.0 Å². The molecule has 4 nitrogen and oxygen atoms in total. The zero-order chi connectivity index (χ0) is 16.4. The summed E-state index contributed by atoms with van der Waals surface area (Å²) >= 11 is 0. The van der Waals surface area contributed by atoms with Crippen molar-refractivity contribution in [3.8, 4) is 5.75 Å². The highest BCUT2D eigenvalue weighted by molar-refractivity contribution is 5.90. The van der Waals surface area contributed by atoms with Crippen molar-refractivity contribution < 1.29 is 4.74 Å². The molecule has 0 fully saturated rings. The van der Waals surface area contributed by atoms with Crippen LogP contribution in [0.3, 0.4) is 0 Å². The van der Waals surface area contributed by atoms with Gasteiger partial charge in [-0.3, -0.25) is 4.98 Å². The van der Waals surface area contributed by atoms with Gasteiger partial charge in [-0.25, -0.2) is 4.98 Å². The lowest BCUT2D eigenvalue weighted by atomic mass is 9.82. The molecule has 2 aromatic heterocycles. The zero-order valence-electron chi connectivity index (χ0n) is 13.8. The highest BCUT2D eigenvalue weighted by Gasteiger charge is 2.20. The maximum Gasteiger partial charge on any atom is 0.133 e. The molecule has 1 unspecified atom stereocenters. The molecule has 1 atom stereocenters. The molecular formula is C20H21N3O. The Morgan fingerprint density at radius 2 is 2.17 bits per heavy atom. The number of fused-ring (bicyclic) bond motifs is 2. The predicted octanol–water partition coefficient (Wildman–Crippen LogP) is 4.17. The minimum atomic E-state index is 0.513.